The van der Waals surface area contributed by atoms with Crippen LogP contribution in [0.3, 0.4) is 0 Å². The van der Waals surface area contributed by atoms with Crippen molar-refractivity contribution in [2.75, 3.05) is 28.3 Å². The SMILES string of the molecule is COC(=O)c1cc(C)ccc1-c1cc(CN(C)C)cc(OC)c1. The van der Waals surface area contributed by atoms with Crippen molar-refractivity contribution in [3.05, 3.63) is 53.1 Å². The lowest BCUT2D eigenvalue weighted by atomic mass is 9.96. The van der Waals surface area contributed by atoms with Crippen LogP contribution in [0.5, 0.6) is 5.75 Å². The Morgan fingerprint density at radius 3 is 2.43 bits per heavy atom. The van der Waals surface area contributed by atoms with Crippen LogP contribution in [0.4, 0.5) is 0 Å². The van der Waals surface area contributed by atoms with E-state index in [1.807, 2.05) is 51.4 Å². The van der Waals surface area contributed by atoms with Gasteiger partial charge in [-0.3, -0.25) is 0 Å². The molecule has 0 amide bonds. The molecular formula is C19H23NO3. The first-order valence-corrected chi connectivity index (χ1v) is 7.46. The number of carbonyl (C=O) groups is 1. The Kier molecular flexibility index (Phi) is 5.40. The molecule has 0 N–H and O–H groups in total. The normalized spacial score (nSPS) is 10.7. The van der Waals surface area contributed by atoms with Gasteiger partial charge in [0.25, 0.3) is 0 Å². The van der Waals surface area contributed by atoms with Crippen molar-refractivity contribution in [2.24, 2.45) is 0 Å². The van der Waals surface area contributed by atoms with E-state index >= 15 is 0 Å². The van der Waals surface area contributed by atoms with Gasteiger partial charge in [-0.1, -0.05) is 17.7 Å². The zero-order chi connectivity index (χ0) is 17.0. The molecule has 23 heavy (non-hydrogen) atoms. The highest BCUT2D eigenvalue weighted by Crippen LogP contribution is 2.30. The molecule has 0 saturated carbocycles. The van der Waals surface area contributed by atoms with Crippen LogP contribution < -0.4 is 4.74 Å². The molecule has 4 nitrogen and oxygen atoms in total. The number of esters is 1. The van der Waals surface area contributed by atoms with Gasteiger partial charge in [0.1, 0.15) is 5.75 Å². The Hall–Kier alpha value is -2.33. The number of hydrogen-bond donors (Lipinski definition) is 0. The average molecular weight is 313 g/mol. The molecule has 122 valence electrons. The largest absolute Gasteiger partial charge is 0.497 e. The fourth-order valence-electron chi connectivity index (χ4n) is 2.58. The lowest BCUT2D eigenvalue weighted by Gasteiger charge is -2.15. The monoisotopic (exact) mass is 313 g/mol. The van der Waals surface area contributed by atoms with Gasteiger partial charge in [-0.15, -0.1) is 0 Å². The van der Waals surface area contributed by atoms with E-state index in [0.717, 1.165) is 34.5 Å². The molecule has 0 aromatic heterocycles. The van der Waals surface area contributed by atoms with E-state index in [9.17, 15) is 4.79 Å². The van der Waals surface area contributed by atoms with Crippen molar-refractivity contribution in [3.8, 4) is 16.9 Å². The summed E-state index contributed by atoms with van der Waals surface area (Å²) in [7, 11) is 7.09. The Morgan fingerprint density at radius 1 is 1.09 bits per heavy atom. The Labute approximate surface area is 137 Å². The predicted molar refractivity (Wildman–Crippen MR) is 91.9 cm³/mol. The minimum atomic E-state index is -0.333. The van der Waals surface area contributed by atoms with Crippen LogP contribution in [0.25, 0.3) is 11.1 Å². The van der Waals surface area contributed by atoms with Crippen molar-refractivity contribution in [2.45, 2.75) is 13.5 Å². The van der Waals surface area contributed by atoms with Crippen molar-refractivity contribution in [3.63, 3.8) is 0 Å². The molecular weight excluding hydrogens is 290 g/mol. The van der Waals surface area contributed by atoms with Crippen LogP contribution in [0, 0.1) is 6.92 Å². The van der Waals surface area contributed by atoms with Gasteiger partial charge in [0.15, 0.2) is 0 Å². The standard InChI is InChI=1S/C19H23NO3/c1-13-6-7-17(18(8-13)19(21)23-5)15-9-14(12-20(2)3)10-16(11-15)22-4/h6-11H,12H2,1-5H3. The molecule has 0 fully saturated rings. The number of hydrogen-bond acceptors (Lipinski definition) is 4. The van der Waals surface area contributed by atoms with Crippen LogP contribution in [-0.2, 0) is 11.3 Å². The van der Waals surface area contributed by atoms with Crippen molar-refractivity contribution >= 4 is 5.97 Å². The molecule has 0 bridgehead atoms. The van der Waals surface area contributed by atoms with Crippen LogP contribution in [0.2, 0.25) is 0 Å². The van der Waals surface area contributed by atoms with Gasteiger partial charge in [-0.25, -0.2) is 4.79 Å². The molecule has 2 aromatic rings. The Bertz CT molecular complexity index is 708. The van der Waals surface area contributed by atoms with Crippen molar-refractivity contribution in [1.29, 1.82) is 0 Å². The number of ether oxygens (including phenoxy) is 2. The van der Waals surface area contributed by atoms with Gasteiger partial charge in [0.2, 0.25) is 0 Å². The highest BCUT2D eigenvalue weighted by Gasteiger charge is 2.15. The summed E-state index contributed by atoms with van der Waals surface area (Å²) in [6.45, 7) is 2.75. The van der Waals surface area contributed by atoms with E-state index in [0.29, 0.717) is 5.56 Å². The number of benzene rings is 2. The third-order valence-electron chi connectivity index (χ3n) is 3.59. The molecule has 0 aliphatic rings. The second-order valence-electron chi connectivity index (χ2n) is 5.85. The summed E-state index contributed by atoms with van der Waals surface area (Å²) < 4.78 is 10.3. The highest BCUT2D eigenvalue weighted by atomic mass is 16.5. The van der Waals surface area contributed by atoms with Gasteiger partial charge in [0, 0.05) is 6.54 Å². The molecule has 0 radical (unpaired) electrons. The average Bonchev–Trinajstić information content (AvgIpc) is 2.52. The number of carbonyl (C=O) groups excluding carboxylic acids is 1. The van der Waals surface area contributed by atoms with Crippen LogP contribution in [0.1, 0.15) is 21.5 Å². The van der Waals surface area contributed by atoms with E-state index in [1.165, 1.54) is 7.11 Å². The second kappa shape index (κ2) is 7.29. The Balaban J connectivity index is 2.59. The maximum absolute atomic E-state index is 12.1. The van der Waals surface area contributed by atoms with Gasteiger partial charge in [0.05, 0.1) is 19.8 Å². The van der Waals surface area contributed by atoms with Crippen molar-refractivity contribution in [1.82, 2.24) is 4.90 Å². The molecule has 0 heterocycles. The summed E-state index contributed by atoms with van der Waals surface area (Å²) in [6.07, 6.45) is 0. The first kappa shape index (κ1) is 17.0. The van der Waals surface area contributed by atoms with Crippen LogP contribution >= 0.6 is 0 Å². The van der Waals surface area contributed by atoms with E-state index in [-0.39, 0.29) is 5.97 Å². The first-order valence-electron chi connectivity index (χ1n) is 7.46. The lowest BCUT2D eigenvalue weighted by Crippen LogP contribution is -2.11. The molecule has 4 heteroatoms. The minimum Gasteiger partial charge on any atom is -0.497 e. The maximum atomic E-state index is 12.1. The van der Waals surface area contributed by atoms with Crippen LogP contribution in [0.15, 0.2) is 36.4 Å². The first-order chi connectivity index (χ1) is 10.9. The fraction of sp³-hybridized carbons (Fsp3) is 0.316. The second-order valence-corrected chi connectivity index (χ2v) is 5.85. The summed E-state index contributed by atoms with van der Waals surface area (Å²) in [4.78, 5) is 14.2. The Morgan fingerprint density at radius 2 is 1.83 bits per heavy atom. The molecule has 0 unspecified atom stereocenters. The molecule has 0 saturated heterocycles. The van der Waals surface area contributed by atoms with Gasteiger partial charge < -0.3 is 14.4 Å². The fourth-order valence-corrected chi connectivity index (χ4v) is 2.58. The van der Waals surface area contributed by atoms with Gasteiger partial charge in [-0.05, 0) is 62.0 Å². The summed E-state index contributed by atoms with van der Waals surface area (Å²) in [5, 5.41) is 0. The molecule has 0 spiro atoms. The third-order valence-corrected chi connectivity index (χ3v) is 3.59. The zero-order valence-corrected chi connectivity index (χ0v) is 14.3. The highest BCUT2D eigenvalue weighted by molar-refractivity contribution is 5.97. The van der Waals surface area contributed by atoms with E-state index in [1.54, 1.807) is 7.11 Å². The lowest BCUT2D eigenvalue weighted by molar-refractivity contribution is 0.0601. The number of rotatable bonds is 5. The van der Waals surface area contributed by atoms with Gasteiger partial charge >= 0.3 is 5.97 Å². The molecule has 0 atom stereocenters. The number of nitrogens with zero attached hydrogens (tertiary/aromatic N) is 1. The summed E-state index contributed by atoms with van der Waals surface area (Å²) >= 11 is 0. The zero-order valence-electron chi connectivity index (χ0n) is 14.3. The van der Waals surface area contributed by atoms with E-state index in [2.05, 4.69) is 11.0 Å². The molecule has 2 aromatic carbocycles. The summed E-state index contributed by atoms with van der Waals surface area (Å²) in [6, 6.07) is 11.8. The third kappa shape index (κ3) is 4.11. The molecule has 0 aliphatic carbocycles. The van der Waals surface area contributed by atoms with E-state index in [4.69, 9.17) is 9.47 Å². The summed E-state index contributed by atoms with van der Waals surface area (Å²) in [5.74, 6) is 0.441. The molecule has 0 aliphatic heterocycles. The van der Waals surface area contributed by atoms with E-state index < -0.39 is 0 Å². The number of methoxy groups -OCH3 is 2. The number of aryl methyl sites for hydroxylation is 1. The van der Waals surface area contributed by atoms with Crippen LogP contribution in [-0.4, -0.2) is 39.2 Å². The van der Waals surface area contributed by atoms with Crippen molar-refractivity contribution < 1.29 is 14.3 Å². The molecule has 2 rings (SSSR count). The maximum Gasteiger partial charge on any atom is 0.338 e. The van der Waals surface area contributed by atoms with Gasteiger partial charge in [-0.2, -0.15) is 0 Å². The quantitative estimate of drug-likeness (QED) is 0.792. The minimum absolute atomic E-state index is 0.333. The summed E-state index contributed by atoms with van der Waals surface area (Å²) in [5.41, 5.74) is 4.51. The smallest absolute Gasteiger partial charge is 0.338 e. The predicted octanol–water partition coefficient (Wildman–Crippen LogP) is 3.52. The topological polar surface area (TPSA) is 38.8 Å².